The van der Waals surface area contributed by atoms with E-state index >= 15 is 0 Å². The van der Waals surface area contributed by atoms with Crippen molar-refractivity contribution in [1.82, 2.24) is 4.90 Å². The van der Waals surface area contributed by atoms with Gasteiger partial charge >= 0.3 is 0 Å². The van der Waals surface area contributed by atoms with Crippen LogP contribution in [0, 0.1) is 6.92 Å². The second kappa shape index (κ2) is 9.72. The number of hydrogen-bond acceptors (Lipinski definition) is 3. The molecule has 1 aliphatic heterocycles. The number of nitrogens with zero attached hydrogens (tertiary/aromatic N) is 1. The summed E-state index contributed by atoms with van der Waals surface area (Å²) in [6, 6.07) is 18.0. The van der Waals surface area contributed by atoms with Crippen molar-refractivity contribution in [1.29, 1.82) is 0 Å². The van der Waals surface area contributed by atoms with Gasteiger partial charge in [0.15, 0.2) is 6.10 Å². The predicted octanol–water partition coefficient (Wildman–Crippen LogP) is 6.33. The molecule has 1 aliphatic rings. The second-order valence-electron chi connectivity index (χ2n) is 7.89. The second-order valence-corrected chi connectivity index (χ2v) is 9.17. The van der Waals surface area contributed by atoms with E-state index in [1.807, 2.05) is 31.2 Å². The third-order valence-corrected chi connectivity index (χ3v) is 6.35. The van der Waals surface area contributed by atoms with Crippen LogP contribution in [-0.2, 0) is 0 Å². The number of amides is 1. The standard InChI is InChI=1S/C25H22Cl3NO3/c1-15-12-17(25(31)29-11-10-20(30)14-29)4-9-23(15)32-24(16-2-5-18(26)6-3-16)21-8-7-19(27)13-22(21)28/h2-9,12-13,20,24,30H,10-11,14H2,1H3. The molecule has 0 bridgehead atoms. The number of carbonyl (C=O) groups excluding carboxylic acids is 1. The quantitative estimate of drug-likeness (QED) is 0.454. The predicted molar refractivity (Wildman–Crippen MR) is 128 cm³/mol. The SMILES string of the molecule is Cc1cc(C(=O)N2CCC(O)C2)ccc1OC(c1ccc(Cl)cc1)c1ccc(Cl)cc1Cl. The third-order valence-electron chi connectivity index (χ3n) is 5.54. The molecule has 2 unspecified atom stereocenters. The minimum Gasteiger partial charge on any atom is -0.481 e. The van der Waals surface area contributed by atoms with E-state index in [1.165, 1.54) is 0 Å². The molecule has 3 aromatic rings. The zero-order chi connectivity index (χ0) is 22.8. The molecule has 0 aromatic heterocycles. The Bertz CT molecular complexity index is 1130. The minimum absolute atomic E-state index is 0.0915. The summed E-state index contributed by atoms with van der Waals surface area (Å²) in [6.45, 7) is 2.82. The number of rotatable bonds is 5. The van der Waals surface area contributed by atoms with Crippen molar-refractivity contribution < 1.29 is 14.6 Å². The molecule has 166 valence electrons. The van der Waals surface area contributed by atoms with Gasteiger partial charge in [0.25, 0.3) is 5.91 Å². The van der Waals surface area contributed by atoms with Crippen LogP contribution in [0.3, 0.4) is 0 Å². The smallest absolute Gasteiger partial charge is 0.253 e. The Labute approximate surface area is 202 Å². The fraction of sp³-hybridized carbons (Fsp3) is 0.240. The van der Waals surface area contributed by atoms with E-state index < -0.39 is 12.2 Å². The molecular weight excluding hydrogens is 469 g/mol. The molecule has 0 spiro atoms. The van der Waals surface area contributed by atoms with Crippen LogP contribution in [0.4, 0.5) is 0 Å². The van der Waals surface area contributed by atoms with Crippen LogP contribution in [0.2, 0.25) is 15.1 Å². The highest BCUT2D eigenvalue weighted by atomic mass is 35.5. The highest BCUT2D eigenvalue weighted by molar-refractivity contribution is 6.35. The van der Waals surface area contributed by atoms with Gasteiger partial charge in [-0.2, -0.15) is 0 Å². The first kappa shape index (κ1) is 22.9. The van der Waals surface area contributed by atoms with Crippen molar-refractivity contribution in [2.24, 2.45) is 0 Å². The third kappa shape index (κ3) is 5.05. The molecule has 4 nitrogen and oxygen atoms in total. The highest BCUT2D eigenvalue weighted by Gasteiger charge is 2.26. The summed E-state index contributed by atoms with van der Waals surface area (Å²) < 4.78 is 6.42. The van der Waals surface area contributed by atoms with Gasteiger partial charge in [-0.3, -0.25) is 4.79 Å². The summed E-state index contributed by atoms with van der Waals surface area (Å²) in [4.78, 5) is 14.4. The van der Waals surface area contributed by atoms with Crippen molar-refractivity contribution in [3.8, 4) is 5.75 Å². The number of benzene rings is 3. The Morgan fingerprint density at radius 3 is 2.38 bits per heavy atom. The molecule has 7 heteroatoms. The molecular formula is C25H22Cl3NO3. The van der Waals surface area contributed by atoms with Crippen LogP contribution in [-0.4, -0.2) is 35.1 Å². The molecule has 0 radical (unpaired) electrons. The molecule has 1 saturated heterocycles. The topological polar surface area (TPSA) is 49.8 Å². The maximum Gasteiger partial charge on any atom is 0.253 e. The van der Waals surface area contributed by atoms with Crippen LogP contribution in [0.15, 0.2) is 60.7 Å². The Morgan fingerprint density at radius 1 is 1.03 bits per heavy atom. The largest absolute Gasteiger partial charge is 0.481 e. The number of hydrogen-bond donors (Lipinski definition) is 1. The van der Waals surface area contributed by atoms with Gasteiger partial charge in [-0.15, -0.1) is 0 Å². The number of aliphatic hydroxyl groups excluding tert-OH is 1. The number of β-amino-alcohol motifs (C(OH)–C–C–N with tert-alkyl or cyclic N) is 1. The molecule has 4 rings (SSSR count). The van der Waals surface area contributed by atoms with Crippen LogP contribution < -0.4 is 4.74 Å². The Morgan fingerprint density at radius 2 is 1.75 bits per heavy atom. The summed E-state index contributed by atoms with van der Waals surface area (Å²) in [7, 11) is 0. The summed E-state index contributed by atoms with van der Waals surface area (Å²) in [6.07, 6.45) is -0.339. The molecule has 32 heavy (non-hydrogen) atoms. The maximum absolute atomic E-state index is 12.8. The molecule has 1 fully saturated rings. The molecule has 2 atom stereocenters. The first-order valence-corrected chi connectivity index (χ1v) is 11.4. The fourth-order valence-corrected chi connectivity index (χ4v) is 4.45. The fourth-order valence-electron chi connectivity index (χ4n) is 3.81. The first-order valence-electron chi connectivity index (χ1n) is 10.3. The van der Waals surface area contributed by atoms with Gasteiger partial charge in [0.1, 0.15) is 5.75 Å². The normalized spacial score (nSPS) is 16.8. The van der Waals surface area contributed by atoms with E-state index in [2.05, 4.69) is 0 Å². The summed E-state index contributed by atoms with van der Waals surface area (Å²) in [5.41, 5.74) is 3.03. The summed E-state index contributed by atoms with van der Waals surface area (Å²) in [5.74, 6) is 0.542. The summed E-state index contributed by atoms with van der Waals surface area (Å²) >= 11 is 18.7. The lowest BCUT2D eigenvalue weighted by Gasteiger charge is -2.23. The Kier molecular flexibility index (Phi) is 6.96. The minimum atomic E-state index is -0.494. The van der Waals surface area contributed by atoms with Crippen molar-refractivity contribution >= 4 is 40.7 Å². The molecule has 1 N–H and O–H groups in total. The van der Waals surface area contributed by atoms with Crippen molar-refractivity contribution in [3.63, 3.8) is 0 Å². The lowest BCUT2D eigenvalue weighted by Crippen LogP contribution is -2.29. The van der Waals surface area contributed by atoms with Crippen LogP contribution in [0.25, 0.3) is 0 Å². The lowest BCUT2D eigenvalue weighted by molar-refractivity contribution is 0.0765. The van der Waals surface area contributed by atoms with Gasteiger partial charge in [0.05, 0.1) is 6.10 Å². The van der Waals surface area contributed by atoms with E-state index in [0.29, 0.717) is 45.9 Å². The number of aliphatic hydroxyl groups is 1. The number of halogens is 3. The molecule has 0 aliphatic carbocycles. The van der Waals surface area contributed by atoms with E-state index in [4.69, 9.17) is 39.5 Å². The number of carbonyl (C=O) groups is 1. The van der Waals surface area contributed by atoms with Gasteiger partial charge in [-0.25, -0.2) is 0 Å². The van der Waals surface area contributed by atoms with Crippen LogP contribution in [0.5, 0.6) is 5.75 Å². The van der Waals surface area contributed by atoms with E-state index in [1.54, 1.807) is 41.3 Å². The zero-order valence-corrected chi connectivity index (χ0v) is 19.7. The van der Waals surface area contributed by atoms with Crippen molar-refractivity contribution in [3.05, 3.63) is 98.0 Å². The van der Waals surface area contributed by atoms with Crippen LogP contribution in [0.1, 0.15) is 39.6 Å². The number of likely N-dealkylation sites (tertiary alicyclic amines) is 1. The molecule has 1 amide bonds. The summed E-state index contributed by atoms with van der Waals surface area (Å²) in [5, 5.41) is 11.4. The lowest BCUT2D eigenvalue weighted by atomic mass is 10.0. The van der Waals surface area contributed by atoms with Crippen molar-refractivity contribution in [2.45, 2.75) is 25.6 Å². The van der Waals surface area contributed by atoms with E-state index in [-0.39, 0.29) is 5.91 Å². The van der Waals surface area contributed by atoms with Gasteiger partial charge in [0.2, 0.25) is 0 Å². The van der Waals surface area contributed by atoms with Crippen molar-refractivity contribution in [2.75, 3.05) is 13.1 Å². The Hall–Kier alpha value is -2.24. The molecule has 3 aromatic carbocycles. The van der Waals surface area contributed by atoms with Gasteiger partial charge < -0.3 is 14.7 Å². The maximum atomic E-state index is 12.8. The highest BCUT2D eigenvalue weighted by Crippen LogP contribution is 2.36. The van der Waals surface area contributed by atoms with Gasteiger partial charge in [0, 0.05) is 39.3 Å². The van der Waals surface area contributed by atoms with E-state index in [9.17, 15) is 9.90 Å². The molecule has 0 saturated carbocycles. The number of ether oxygens (including phenoxy) is 1. The van der Waals surface area contributed by atoms with Gasteiger partial charge in [-0.05, 0) is 66.9 Å². The zero-order valence-electron chi connectivity index (χ0n) is 17.4. The molecule has 1 heterocycles. The number of aryl methyl sites for hydroxylation is 1. The monoisotopic (exact) mass is 489 g/mol. The Balaban J connectivity index is 1.64. The van der Waals surface area contributed by atoms with E-state index in [0.717, 1.165) is 16.7 Å². The average Bonchev–Trinajstić information content (AvgIpc) is 3.20. The van der Waals surface area contributed by atoms with Crippen LogP contribution >= 0.6 is 34.8 Å². The first-order chi connectivity index (χ1) is 15.3. The van der Waals surface area contributed by atoms with Gasteiger partial charge in [-0.1, -0.05) is 53.0 Å². The average molecular weight is 491 g/mol.